The molecule has 1 N–H and O–H groups in total. The first kappa shape index (κ1) is 35.1. The standard InChI is InChI=1S/C37H40F4N4O6/c38-29-10-4-23(5-11-29)15-45-16-26(14-42-45)33(46)43-17-28(36(20-43)21-44(22-36)34(47)31-12-13-51-31)19-50-18-25-2-1-3-30(32(25)35(48)49)24-6-8-27(9-7-24)37(39,40)41/h1-5,10-11,14,16,24,27-28,31H,6-9,12-13,15,17-22H2,(H,48,49)/t24?,27?,28-,31?/m0/s1. The van der Waals surface area contributed by atoms with Gasteiger partial charge in [0.05, 0.1) is 49.6 Å². The van der Waals surface area contributed by atoms with E-state index in [1.54, 1.807) is 51.0 Å². The van der Waals surface area contributed by atoms with Crippen molar-refractivity contribution in [3.8, 4) is 0 Å². The summed E-state index contributed by atoms with van der Waals surface area (Å²) >= 11 is 0. The molecular weight excluding hydrogens is 672 g/mol. The van der Waals surface area contributed by atoms with E-state index in [2.05, 4.69) is 5.10 Å². The van der Waals surface area contributed by atoms with Crippen molar-refractivity contribution < 1.29 is 46.5 Å². The monoisotopic (exact) mass is 712 g/mol. The van der Waals surface area contributed by atoms with Crippen molar-refractivity contribution in [3.05, 3.63) is 88.5 Å². The van der Waals surface area contributed by atoms with Gasteiger partial charge in [0.2, 0.25) is 0 Å². The van der Waals surface area contributed by atoms with E-state index in [0.717, 1.165) is 5.56 Å². The Kier molecular flexibility index (Phi) is 9.65. The normalized spacial score (nSPS) is 24.3. The molecular formula is C37H40F4N4O6. The zero-order chi connectivity index (χ0) is 35.9. The van der Waals surface area contributed by atoms with Crippen LogP contribution >= 0.6 is 0 Å². The molecule has 3 saturated heterocycles. The van der Waals surface area contributed by atoms with Crippen LogP contribution in [-0.2, 0) is 27.4 Å². The van der Waals surface area contributed by atoms with Gasteiger partial charge in [0.15, 0.2) is 0 Å². The number of halogens is 4. The predicted octanol–water partition coefficient (Wildman–Crippen LogP) is 5.51. The minimum atomic E-state index is -4.25. The van der Waals surface area contributed by atoms with E-state index in [1.165, 1.54) is 18.3 Å². The lowest BCUT2D eigenvalue weighted by Gasteiger charge is -2.52. The van der Waals surface area contributed by atoms with Gasteiger partial charge in [0.1, 0.15) is 11.9 Å². The van der Waals surface area contributed by atoms with E-state index in [1.807, 2.05) is 0 Å². The highest BCUT2D eigenvalue weighted by atomic mass is 19.4. The number of carbonyl (C=O) groups excluding carboxylic acids is 2. The number of aromatic nitrogens is 2. The molecule has 3 aliphatic heterocycles. The Morgan fingerprint density at radius 2 is 1.69 bits per heavy atom. The smallest absolute Gasteiger partial charge is 0.391 e. The van der Waals surface area contributed by atoms with Gasteiger partial charge in [-0.3, -0.25) is 14.3 Å². The number of benzene rings is 2. The number of nitrogens with zero attached hydrogens (tertiary/aromatic N) is 4. The third-order valence-electron chi connectivity index (χ3n) is 11.1. The highest BCUT2D eigenvalue weighted by molar-refractivity contribution is 5.94. The minimum Gasteiger partial charge on any atom is -0.478 e. The van der Waals surface area contributed by atoms with Gasteiger partial charge in [-0.1, -0.05) is 30.3 Å². The van der Waals surface area contributed by atoms with Crippen molar-refractivity contribution in [1.29, 1.82) is 0 Å². The van der Waals surface area contributed by atoms with Crippen molar-refractivity contribution in [2.24, 2.45) is 17.3 Å². The fraction of sp³-hybridized carbons (Fsp3) is 0.514. The van der Waals surface area contributed by atoms with Gasteiger partial charge in [-0.25, -0.2) is 9.18 Å². The molecule has 7 rings (SSSR count). The Balaban J connectivity index is 1.03. The average molecular weight is 713 g/mol. The number of hydrogen-bond donors (Lipinski definition) is 1. The molecule has 2 atom stereocenters. The molecule has 1 aromatic heterocycles. The van der Waals surface area contributed by atoms with Crippen molar-refractivity contribution in [2.75, 3.05) is 39.4 Å². The molecule has 1 saturated carbocycles. The van der Waals surface area contributed by atoms with Crippen LogP contribution in [0, 0.1) is 23.1 Å². The quantitative estimate of drug-likeness (QED) is 0.276. The molecule has 4 fully saturated rings. The second kappa shape index (κ2) is 14.0. The Morgan fingerprint density at radius 1 is 0.980 bits per heavy atom. The molecule has 1 spiro atoms. The number of carboxylic acid groups (broad SMARTS) is 1. The van der Waals surface area contributed by atoms with Crippen LogP contribution in [0.3, 0.4) is 0 Å². The fourth-order valence-electron chi connectivity index (χ4n) is 8.18. The molecule has 1 aliphatic carbocycles. The Labute approximate surface area is 292 Å². The molecule has 51 heavy (non-hydrogen) atoms. The summed E-state index contributed by atoms with van der Waals surface area (Å²) in [5.74, 6) is -3.57. The van der Waals surface area contributed by atoms with Crippen LogP contribution < -0.4 is 0 Å². The minimum absolute atomic E-state index is 0.0252. The van der Waals surface area contributed by atoms with Gasteiger partial charge in [-0.2, -0.15) is 18.3 Å². The van der Waals surface area contributed by atoms with Crippen LogP contribution in [-0.4, -0.2) is 94.1 Å². The zero-order valence-corrected chi connectivity index (χ0v) is 28.0. The summed E-state index contributed by atoms with van der Waals surface area (Å²) in [6.07, 6.45) is -0.403. The number of carbonyl (C=O) groups is 3. The topological polar surface area (TPSA) is 114 Å². The average Bonchev–Trinajstić information content (AvgIpc) is 3.69. The Bertz CT molecular complexity index is 1760. The lowest BCUT2D eigenvalue weighted by atomic mass is 9.71. The van der Waals surface area contributed by atoms with Gasteiger partial charge in [-0.15, -0.1) is 0 Å². The van der Waals surface area contributed by atoms with E-state index in [4.69, 9.17) is 9.47 Å². The first-order valence-electron chi connectivity index (χ1n) is 17.4. The molecule has 0 bridgehead atoms. The van der Waals surface area contributed by atoms with E-state index in [0.29, 0.717) is 62.4 Å². The zero-order valence-electron chi connectivity index (χ0n) is 28.0. The second-order valence-corrected chi connectivity index (χ2v) is 14.4. The summed E-state index contributed by atoms with van der Waals surface area (Å²) in [5, 5.41) is 14.5. The van der Waals surface area contributed by atoms with Crippen LogP contribution in [0.15, 0.2) is 54.9 Å². The highest BCUT2D eigenvalue weighted by Gasteiger charge is 2.57. The first-order chi connectivity index (χ1) is 24.4. The third kappa shape index (κ3) is 7.25. The number of hydrogen-bond acceptors (Lipinski definition) is 6. The lowest BCUT2D eigenvalue weighted by molar-refractivity contribution is -0.182. The van der Waals surface area contributed by atoms with Crippen molar-refractivity contribution >= 4 is 17.8 Å². The van der Waals surface area contributed by atoms with Crippen LogP contribution in [0.4, 0.5) is 17.6 Å². The molecule has 4 heterocycles. The molecule has 1 unspecified atom stereocenters. The molecule has 2 amide bonds. The van der Waals surface area contributed by atoms with Crippen LogP contribution in [0.2, 0.25) is 0 Å². The summed E-state index contributed by atoms with van der Waals surface area (Å²) in [7, 11) is 0. The molecule has 272 valence electrons. The van der Waals surface area contributed by atoms with Gasteiger partial charge in [0, 0.05) is 50.1 Å². The fourth-order valence-corrected chi connectivity index (χ4v) is 8.18. The van der Waals surface area contributed by atoms with Gasteiger partial charge < -0.3 is 24.4 Å². The molecule has 4 aliphatic rings. The Morgan fingerprint density at radius 3 is 2.33 bits per heavy atom. The molecule has 0 radical (unpaired) electrons. The van der Waals surface area contributed by atoms with Crippen molar-refractivity contribution in [2.45, 2.75) is 63.5 Å². The SMILES string of the molecule is O=C(O)c1c(COC[C@@H]2CN(C(=O)c3cnn(Cc4ccc(F)cc4)c3)CC23CN(C(=O)C2CCO2)C3)cccc1C1CCC(C(F)(F)F)CC1. The maximum Gasteiger partial charge on any atom is 0.391 e. The third-order valence-corrected chi connectivity index (χ3v) is 11.1. The van der Waals surface area contributed by atoms with Crippen LogP contribution in [0.25, 0.3) is 0 Å². The molecule has 14 heteroatoms. The number of likely N-dealkylation sites (tertiary alicyclic amines) is 2. The summed E-state index contributed by atoms with van der Waals surface area (Å²) in [6.45, 7) is 2.72. The van der Waals surface area contributed by atoms with Gasteiger partial charge >= 0.3 is 12.1 Å². The maximum atomic E-state index is 13.7. The largest absolute Gasteiger partial charge is 0.478 e. The van der Waals surface area contributed by atoms with Crippen molar-refractivity contribution in [1.82, 2.24) is 19.6 Å². The number of alkyl halides is 3. The summed E-state index contributed by atoms with van der Waals surface area (Å²) in [5.41, 5.74) is 1.86. The number of rotatable bonds is 10. The van der Waals surface area contributed by atoms with Crippen molar-refractivity contribution in [3.63, 3.8) is 0 Å². The van der Waals surface area contributed by atoms with E-state index in [-0.39, 0.29) is 73.9 Å². The second-order valence-electron chi connectivity index (χ2n) is 14.4. The van der Waals surface area contributed by atoms with Crippen LogP contribution in [0.1, 0.15) is 75.4 Å². The lowest BCUT2D eigenvalue weighted by Crippen LogP contribution is -2.65. The highest BCUT2D eigenvalue weighted by Crippen LogP contribution is 2.46. The number of ether oxygens (including phenoxy) is 2. The van der Waals surface area contributed by atoms with Crippen LogP contribution in [0.5, 0.6) is 0 Å². The Hall–Kier alpha value is -4.30. The van der Waals surface area contributed by atoms with E-state index >= 15 is 0 Å². The molecule has 2 aromatic carbocycles. The number of amides is 2. The van der Waals surface area contributed by atoms with E-state index in [9.17, 15) is 37.1 Å². The molecule has 3 aromatic rings. The summed E-state index contributed by atoms with van der Waals surface area (Å²) in [6, 6.07) is 11.1. The molecule has 10 nitrogen and oxygen atoms in total. The predicted molar refractivity (Wildman–Crippen MR) is 174 cm³/mol. The van der Waals surface area contributed by atoms with Gasteiger partial charge in [-0.05, 0) is 60.4 Å². The first-order valence-corrected chi connectivity index (χ1v) is 17.4. The number of carboxylic acids is 1. The number of aromatic carboxylic acids is 1. The summed E-state index contributed by atoms with van der Waals surface area (Å²) in [4.78, 5) is 42.7. The summed E-state index contributed by atoms with van der Waals surface area (Å²) < 4.78 is 66.4. The van der Waals surface area contributed by atoms with Gasteiger partial charge in [0.25, 0.3) is 11.8 Å². The maximum absolute atomic E-state index is 13.7. The van der Waals surface area contributed by atoms with E-state index < -0.39 is 29.6 Å².